The molecule has 118 valence electrons. The zero-order valence-corrected chi connectivity index (χ0v) is 15.1. The molecule has 0 aliphatic heterocycles. The van der Waals surface area contributed by atoms with E-state index in [2.05, 4.69) is 22.0 Å². The van der Waals surface area contributed by atoms with Gasteiger partial charge in [0, 0.05) is 16.1 Å². The molecule has 1 saturated carbocycles. The van der Waals surface area contributed by atoms with Gasteiger partial charge in [-0.2, -0.15) is 0 Å². The SMILES string of the molecule is Cc1ccc(S(=O)(=O)n2cc(Br)c3cc(C4CC4)ccc32)cc1. The van der Waals surface area contributed by atoms with E-state index in [1.165, 1.54) is 22.4 Å². The van der Waals surface area contributed by atoms with Gasteiger partial charge in [0.05, 0.1) is 10.4 Å². The van der Waals surface area contributed by atoms with Gasteiger partial charge < -0.3 is 0 Å². The van der Waals surface area contributed by atoms with E-state index in [1.54, 1.807) is 18.3 Å². The number of hydrogen-bond acceptors (Lipinski definition) is 2. The van der Waals surface area contributed by atoms with Crippen molar-refractivity contribution in [1.82, 2.24) is 3.97 Å². The van der Waals surface area contributed by atoms with Crippen molar-refractivity contribution < 1.29 is 8.42 Å². The number of hydrogen-bond donors (Lipinski definition) is 0. The highest BCUT2D eigenvalue weighted by Crippen LogP contribution is 2.42. The van der Waals surface area contributed by atoms with Crippen LogP contribution < -0.4 is 0 Å². The molecular formula is C18H16BrNO2S. The largest absolute Gasteiger partial charge is 0.268 e. The van der Waals surface area contributed by atoms with Crippen molar-refractivity contribution >= 4 is 36.9 Å². The first-order valence-corrected chi connectivity index (χ1v) is 9.83. The van der Waals surface area contributed by atoms with E-state index in [-0.39, 0.29) is 0 Å². The van der Waals surface area contributed by atoms with Gasteiger partial charge >= 0.3 is 0 Å². The molecule has 3 nitrogen and oxygen atoms in total. The fourth-order valence-electron chi connectivity index (χ4n) is 2.87. The van der Waals surface area contributed by atoms with Gasteiger partial charge in [0.25, 0.3) is 10.0 Å². The van der Waals surface area contributed by atoms with E-state index in [0.29, 0.717) is 16.3 Å². The lowest BCUT2D eigenvalue weighted by Crippen LogP contribution is -2.11. The number of benzene rings is 2. The second-order valence-electron chi connectivity index (χ2n) is 6.14. The minimum atomic E-state index is -3.59. The maximum absolute atomic E-state index is 12.9. The van der Waals surface area contributed by atoms with E-state index in [4.69, 9.17) is 0 Å². The molecule has 5 heteroatoms. The summed E-state index contributed by atoms with van der Waals surface area (Å²) in [7, 11) is -3.59. The Morgan fingerprint density at radius 1 is 1.09 bits per heavy atom. The smallest absolute Gasteiger partial charge is 0.240 e. The summed E-state index contributed by atoms with van der Waals surface area (Å²) in [5.41, 5.74) is 3.04. The Morgan fingerprint density at radius 2 is 1.78 bits per heavy atom. The van der Waals surface area contributed by atoms with Crippen molar-refractivity contribution in [2.45, 2.75) is 30.6 Å². The molecule has 1 aliphatic rings. The van der Waals surface area contributed by atoms with Crippen LogP contribution in [0.4, 0.5) is 0 Å². The van der Waals surface area contributed by atoms with E-state index in [0.717, 1.165) is 15.4 Å². The molecule has 1 aromatic heterocycles. The molecule has 1 heterocycles. The fourth-order valence-corrected chi connectivity index (χ4v) is 4.90. The number of halogens is 1. The second-order valence-corrected chi connectivity index (χ2v) is 8.81. The Hall–Kier alpha value is -1.59. The van der Waals surface area contributed by atoms with Crippen LogP contribution in [0.3, 0.4) is 0 Å². The van der Waals surface area contributed by atoms with Crippen LogP contribution in [-0.4, -0.2) is 12.4 Å². The third-order valence-corrected chi connectivity index (χ3v) is 6.69. The number of fused-ring (bicyclic) bond motifs is 1. The molecule has 1 aliphatic carbocycles. The Kier molecular flexibility index (Phi) is 3.39. The van der Waals surface area contributed by atoms with Crippen molar-refractivity contribution in [3.05, 3.63) is 64.3 Å². The van der Waals surface area contributed by atoms with Crippen LogP contribution in [0.2, 0.25) is 0 Å². The Balaban J connectivity index is 1.89. The lowest BCUT2D eigenvalue weighted by atomic mass is 10.1. The summed E-state index contributed by atoms with van der Waals surface area (Å²) in [4.78, 5) is 0.304. The topological polar surface area (TPSA) is 39.1 Å². The quantitative estimate of drug-likeness (QED) is 0.643. The van der Waals surface area contributed by atoms with E-state index in [9.17, 15) is 8.42 Å². The van der Waals surface area contributed by atoms with Crippen molar-refractivity contribution in [3.63, 3.8) is 0 Å². The maximum atomic E-state index is 12.9. The highest BCUT2D eigenvalue weighted by atomic mass is 79.9. The Bertz CT molecular complexity index is 999. The average Bonchev–Trinajstić information content (AvgIpc) is 3.32. The van der Waals surface area contributed by atoms with Gasteiger partial charge in [-0.05, 0) is 71.4 Å². The van der Waals surface area contributed by atoms with Gasteiger partial charge in [-0.15, -0.1) is 0 Å². The van der Waals surface area contributed by atoms with Gasteiger partial charge in [-0.1, -0.05) is 23.8 Å². The van der Waals surface area contributed by atoms with Crippen LogP contribution in [-0.2, 0) is 10.0 Å². The molecule has 2 aromatic carbocycles. The van der Waals surface area contributed by atoms with Gasteiger partial charge in [0.1, 0.15) is 0 Å². The molecule has 3 aromatic rings. The summed E-state index contributed by atoms with van der Waals surface area (Å²) in [6, 6.07) is 13.0. The van der Waals surface area contributed by atoms with Crippen LogP contribution in [0, 0.1) is 6.92 Å². The second kappa shape index (κ2) is 5.21. The van der Waals surface area contributed by atoms with Gasteiger partial charge in [0.2, 0.25) is 0 Å². The molecule has 0 spiro atoms. The third kappa shape index (κ3) is 2.52. The van der Waals surface area contributed by atoms with Crippen molar-refractivity contribution in [1.29, 1.82) is 0 Å². The summed E-state index contributed by atoms with van der Waals surface area (Å²) in [6.07, 6.45) is 4.10. The number of nitrogens with zero attached hydrogens (tertiary/aromatic N) is 1. The molecule has 4 rings (SSSR count). The first-order chi connectivity index (χ1) is 11.0. The molecule has 0 saturated heterocycles. The monoisotopic (exact) mass is 389 g/mol. The molecule has 0 atom stereocenters. The summed E-state index contributed by atoms with van der Waals surface area (Å²) in [5.74, 6) is 0.642. The minimum Gasteiger partial charge on any atom is -0.240 e. The zero-order chi connectivity index (χ0) is 16.2. The van der Waals surface area contributed by atoms with Gasteiger partial charge in [-0.3, -0.25) is 0 Å². The van der Waals surface area contributed by atoms with Gasteiger partial charge in [-0.25, -0.2) is 12.4 Å². The summed E-state index contributed by atoms with van der Waals surface area (Å²) in [5, 5.41) is 0.949. The normalized spacial score (nSPS) is 15.2. The highest BCUT2D eigenvalue weighted by molar-refractivity contribution is 9.10. The number of rotatable bonds is 3. The minimum absolute atomic E-state index is 0.304. The summed E-state index contributed by atoms with van der Waals surface area (Å²) < 4.78 is 28.1. The Labute approximate surface area is 144 Å². The van der Waals surface area contributed by atoms with E-state index >= 15 is 0 Å². The standard InChI is InChI=1S/C18H16BrNO2S/c1-12-2-7-15(8-3-12)23(21,22)20-11-17(19)16-10-14(13-4-5-13)6-9-18(16)20/h2-3,6-11,13H,4-5H2,1H3. The van der Waals surface area contributed by atoms with Crippen LogP contribution in [0.15, 0.2) is 58.0 Å². The maximum Gasteiger partial charge on any atom is 0.268 e. The van der Waals surface area contributed by atoms with Crippen LogP contribution >= 0.6 is 15.9 Å². The van der Waals surface area contributed by atoms with Crippen molar-refractivity contribution in [2.24, 2.45) is 0 Å². The molecule has 0 bridgehead atoms. The number of aromatic nitrogens is 1. The van der Waals surface area contributed by atoms with Crippen molar-refractivity contribution in [3.8, 4) is 0 Å². The van der Waals surface area contributed by atoms with E-state index in [1.807, 2.05) is 31.2 Å². The molecular weight excluding hydrogens is 374 g/mol. The molecule has 0 radical (unpaired) electrons. The average molecular weight is 390 g/mol. The molecule has 23 heavy (non-hydrogen) atoms. The molecule has 0 unspecified atom stereocenters. The molecule has 0 amide bonds. The predicted molar refractivity (Wildman–Crippen MR) is 95.4 cm³/mol. The highest BCUT2D eigenvalue weighted by Gasteiger charge is 2.25. The van der Waals surface area contributed by atoms with Crippen molar-refractivity contribution in [2.75, 3.05) is 0 Å². The Morgan fingerprint density at radius 3 is 2.43 bits per heavy atom. The summed E-state index contributed by atoms with van der Waals surface area (Å²) in [6.45, 7) is 1.94. The first-order valence-electron chi connectivity index (χ1n) is 7.59. The van der Waals surface area contributed by atoms with Crippen LogP contribution in [0.5, 0.6) is 0 Å². The molecule has 1 fully saturated rings. The van der Waals surface area contributed by atoms with Crippen LogP contribution in [0.25, 0.3) is 10.9 Å². The third-order valence-electron chi connectivity index (χ3n) is 4.37. The first kappa shape index (κ1) is 15.0. The zero-order valence-electron chi connectivity index (χ0n) is 12.7. The molecule has 0 N–H and O–H groups in total. The lowest BCUT2D eigenvalue weighted by molar-refractivity contribution is 0.589. The fraction of sp³-hybridized carbons (Fsp3) is 0.222. The predicted octanol–water partition coefficient (Wildman–Crippen LogP) is 4.83. The van der Waals surface area contributed by atoms with Crippen LogP contribution in [0.1, 0.15) is 29.9 Å². The lowest BCUT2D eigenvalue weighted by Gasteiger charge is -2.08. The van der Waals surface area contributed by atoms with Gasteiger partial charge in [0.15, 0.2) is 0 Å². The van der Waals surface area contributed by atoms with E-state index < -0.39 is 10.0 Å². The summed E-state index contributed by atoms with van der Waals surface area (Å²) >= 11 is 3.51. The number of aryl methyl sites for hydroxylation is 1.